The van der Waals surface area contributed by atoms with Crippen LogP contribution in [0.2, 0.25) is 0 Å². The molecule has 1 heterocycles. The third-order valence-electron chi connectivity index (χ3n) is 2.91. The molecule has 22 heavy (non-hydrogen) atoms. The molecule has 2 rings (SSSR count). The number of pyridine rings is 1. The van der Waals surface area contributed by atoms with Crippen molar-refractivity contribution in [3.63, 3.8) is 0 Å². The lowest BCUT2D eigenvalue weighted by Crippen LogP contribution is -2.02. The fourth-order valence-corrected chi connectivity index (χ4v) is 1.77. The first-order valence-corrected chi connectivity index (χ1v) is 6.62. The van der Waals surface area contributed by atoms with Gasteiger partial charge in [-0.2, -0.15) is 5.26 Å². The average molecular weight is 290 g/mol. The standard InChI is InChI=1S/C18H14N2O2/c1-22-18(21)16(13-19)12-15-7-5-14(6-8-15)9-10-17-4-2-3-11-20-17/h2-12H,1H3/b10-9+,16-12-. The SMILES string of the molecule is COC(=O)/C(C#N)=C\c1ccc(/C=C/c2ccccn2)cc1. The lowest BCUT2D eigenvalue weighted by molar-refractivity contribution is -0.135. The summed E-state index contributed by atoms with van der Waals surface area (Å²) in [5, 5.41) is 8.92. The maximum atomic E-state index is 11.3. The average Bonchev–Trinajstić information content (AvgIpc) is 2.59. The van der Waals surface area contributed by atoms with Crippen LogP contribution < -0.4 is 0 Å². The molecule has 0 aliphatic heterocycles. The number of nitriles is 1. The second-order valence-corrected chi connectivity index (χ2v) is 4.42. The summed E-state index contributed by atoms with van der Waals surface area (Å²) in [5.74, 6) is -0.637. The monoisotopic (exact) mass is 290 g/mol. The van der Waals surface area contributed by atoms with Gasteiger partial charge < -0.3 is 4.74 Å². The molecule has 2 aromatic rings. The first-order chi connectivity index (χ1) is 10.7. The molecule has 0 bridgehead atoms. The van der Waals surface area contributed by atoms with Gasteiger partial charge in [0.15, 0.2) is 0 Å². The lowest BCUT2D eigenvalue weighted by Gasteiger charge is -1.99. The maximum absolute atomic E-state index is 11.3. The van der Waals surface area contributed by atoms with Crippen molar-refractivity contribution in [3.8, 4) is 6.07 Å². The highest BCUT2D eigenvalue weighted by Crippen LogP contribution is 2.12. The van der Waals surface area contributed by atoms with Crippen LogP contribution in [0.3, 0.4) is 0 Å². The van der Waals surface area contributed by atoms with Crippen molar-refractivity contribution in [2.24, 2.45) is 0 Å². The minimum atomic E-state index is -0.637. The molecule has 0 aliphatic rings. The molecule has 1 aromatic carbocycles. The van der Waals surface area contributed by atoms with Gasteiger partial charge in [0.05, 0.1) is 12.8 Å². The van der Waals surface area contributed by atoms with Crippen LogP contribution in [0.1, 0.15) is 16.8 Å². The van der Waals surface area contributed by atoms with E-state index in [0.29, 0.717) is 0 Å². The van der Waals surface area contributed by atoms with E-state index in [1.54, 1.807) is 6.20 Å². The van der Waals surface area contributed by atoms with E-state index >= 15 is 0 Å². The van der Waals surface area contributed by atoms with Crippen molar-refractivity contribution in [2.75, 3.05) is 7.11 Å². The zero-order valence-electron chi connectivity index (χ0n) is 12.1. The second kappa shape index (κ2) is 7.55. The highest BCUT2D eigenvalue weighted by Gasteiger charge is 2.07. The number of hydrogen-bond acceptors (Lipinski definition) is 4. The Hall–Kier alpha value is -3.19. The lowest BCUT2D eigenvalue weighted by atomic mass is 10.1. The molecule has 0 spiro atoms. The predicted octanol–water partition coefficient (Wildman–Crippen LogP) is 3.33. The van der Waals surface area contributed by atoms with Gasteiger partial charge in [0, 0.05) is 6.20 Å². The van der Waals surface area contributed by atoms with E-state index in [9.17, 15) is 4.79 Å². The van der Waals surface area contributed by atoms with Crippen LogP contribution in [0.4, 0.5) is 0 Å². The molecule has 0 unspecified atom stereocenters. The van der Waals surface area contributed by atoms with Crippen molar-refractivity contribution in [1.82, 2.24) is 4.98 Å². The molecular formula is C18H14N2O2. The number of benzene rings is 1. The zero-order valence-corrected chi connectivity index (χ0v) is 12.1. The first kappa shape index (κ1) is 15.2. The first-order valence-electron chi connectivity index (χ1n) is 6.62. The Labute approximate surface area is 129 Å². The van der Waals surface area contributed by atoms with E-state index in [4.69, 9.17) is 5.26 Å². The smallest absolute Gasteiger partial charge is 0.348 e. The molecule has 0 atom stereocenters. The topological polar surface area (TPSA) is 63.0 Å². The third kappa shape index (κ3) is 4.15. The summed E-state index contributed by atoms with van der Waals surface area (Å²) in [7, 11) is 1.25. The summed E-state index contributed by atoms with van der Waals surface area (Å²) < 4.78 is 4.54. The van der Waals surface area contributed by atoms with Crippen LogP contribution in [-0.4, -0.2) is 18.1 Å². The molecule has 0 N–H and O–H groups in total. The largest absolute Gasteiger partial charge is 0.465 e. The molecule has 108 valence electrons. The van der Waals surface area contributed by atoms with Gasteiger partial charge in [-0.05, 0) is 35.4 Å². The van der Waals surface area contributed by atoms with Gasteiger partial charge in [0.2, 0.25) is 0 Å². The normalized spacial score (nSPS) is 11.2. The molecule has 4 heteroatoms. The summed E-state index contributed by atoms with van der Waals surface area (Å²) in [6.45, 7) is 0. The Bertz CT molecular complexity index is 739. The zero-order chi connectivity index (χ0) is 15.8. The predicted molar refractivity (Wildman–Crippen MR) is 85.2 cm³/mol. The number of methoxy groups -OCH3 is 1. The maximum Gasteiger partial charge on any atom is 0.348 e. The van der Waals surface area contributed by atoms with Crippen LogP contribution in [-0.2, 0) is 9.53 Å². The number of carbonyl (C=O) groups excluding carboxylic acids is 1. The van der Waals surface area contributed by atoms with Crippen LogP contribution in [0.5, 0.6) is 0 Å². The molecule has 0 amide bonds. The van der Waals surface area contributed by atoms with E-state index in [-0.39, 0.29) is 5.57 Å². The summed E-state index contributed by atoms with van der Waals surface area (Å²) in [6.07, 6.45) is 7.10. The number of rotatable bonds is 4. The van der Waals surface area contributed by atoms with Gasteiger partial charge in [-0.15, -0.1) is 0 Å². The van der Waals surface area contributed by atoms with Crippen LogP contribution >= 0.6 is 0 Å². The Kier molecular flexibility index (Phi) is 5.22. The summed E-state index contributed by atoms with van der Waals surface area (Å²) in [6, 6.07) is 15.0. The molecule has 0 radical (unpaired) electrons. The third-order valence-corrected chi connectivity index (χ3v) is 2.91. The van der Waals surface area contributed by atoms with E-state index in [1.807, 2.05) is 60.7 Å². The number of nitrogens with zero attached hydrogens (tertiary/aromatic N) is 2. The number of ether oxygens (including phenoxy) is 1. The van der Waals surface area contributed by atoms with Crippen molar-refractivity contribution in [2.45, 2.75) is 0 Å². The van der Waals surface area contributed by atoms with E-state index in [1.165, 1.54) is 13.2 Å². The number of carbonyl (C=O) groups is 1. The highest BCUT2D eigenvalue weighted by molar-refractivity contribution is 5.97. The quantitative estimate of drug-likeness (QED) is 0.492. The Morgan fingerprint density at radius 1 is 1.14 bits per heavy atom. The van der Waals surface area contributed by atoms with Gasteiger partial charge in [-0.1, -0.05) is 36.4 Å². The van der Waals surface area contributed by atoms with Gasteiger partial charge in [-0.3, -0.25) is 4.98 Å². The second-order valence-electron chi connectivity index (χ2n) is 4.42. The molecule has 0 saturated heterocycles. The van der Waals surface area contributed by atoms with Crippen LogP contribution in [0.15, 0.2) is 54.2 Å². The van der Waals surface area contributed by atoms with Crippen molar-refractivity contribution in [3.05, 3.63) is 71.1 Å². The van der Waals surface area contributed by atoms with Crippen LogP contribution in [0, 0.1) is 11.3 Å². The molecular weight excluding hydrogens is 276 g/mol. The van der Waals surface area contributed by atoms with E-state index in [2.05, 4.69) is 9.72 Å². The highest BCUT2D eigenvalue weighted by atomic mass is 16.5. The number of hydrogen-bond donors (Lipinski definition) is 0. The van der Waals surface area contributed by atoms with Crippen LogP contribution in [0.25, 0.3) is 18.2 Å². The fraction of sp³-hybridized carbons (Fsp3) is 0.0556. The van der Waals surface area contributed by atoms with Crippen molar-refractivity contribution >= 4 is 24.2 Å². The molecule has 0 saturated carbocycles. The van der Waals surface area contributed by atoms with E-state index < -0.39 is 5.97 Å². The Balaban J connectivity index is 2.14. The van der Waals surface area contributed by atoms with Crippen molar-refractivity contribution < 1.29 is 9.53 Å². The minimum absolute atomic E-state index is 0.0284. The minimum Gasteiger partial charge on any atom is -0.465 e. The van der Waals surface area contributed by atoms with Gasteiger partial charge in [0.1, 0.15) is 11.6 Å². The summed E-state index contributed by atoms with van der Waals surface area (Å²) >= 11 is 0. The Morgan fingerprint density at radius 3 is 2.45 bits per heavy atom. The fourth-order valence-electron chi connectivity index (χ4n) is 1.77. The molecule has 1 aromatic heterocycles. The Morgan fingerprint density at radius 2 is 1.86 bits per heavy atom. The van der Waals surface area contributed by atoms with Gasteiger partial charge in [0.25, 0.3) is 0 Å². The summed E-state index contributed by atoms with van der Waals surface area (Å²) in [4.78, 5) is 15.5. The number of aromatic nitrogens is 1. The number of esters is 1. The van der Waals surface area contributed by atoms with Crippen molar-refractivity contribution in [1.29, 1.82) is 5.26 Å². The van der Waals surface area contributed by atoms with Gasteiger partial charge >= 0.3 is 5.97 Å². The molecule has 0 aliphatic carbocycles. The molecule has 4 nitrogen and oxygen atoms in total. The summed E-state index contributed by atoms with van der Waals surface area (Å²) in [5.41, 5.74) is 2.61. The molecule has 0 fully saturated rings. The van der Waals surface area contributed by atoms with E-state index in [0.717, 1.165) is 16.8 Å². The van der Waals surface area contributed by atoms with Gasteiger partial charge in [-0.25, -0.2) is 4.79 Å².